The predicted octanol–water partition coefficient (Wildman–Crippen LogP) is 1.21. The van der Waals surface area contributed by atoms with Crippen molar-refractivity contribution in [3.63, 3.8) is 0 Å². The molecular weight excluding hydrogens is 307 g/mol. The third-order valence-corrected chi connectivity index (χ3v) is 3.39. The molecular formula is C8H20Cl2N2O3S2. The Morgan fingerprint density at radius 3 is 2.24 bits per heavy atom. The van der Waals surface area contributed by atoms with Crippen LogP contribution in [0.3, 0.4) is 0 Å². The molecule has 0 aromatic rings. The Morgan fingerprint density at radius 1 is 1.18 bits per heavy atom. The van der Waals surface area contributed by atoms with Gasteiger partial charge >= 0.3 is 5.97 Å². The molecule has 0 heterocycles. The fourth-order valence-electron chi connectivity index (χ4n) is 0.755. The summed E-state index contributed by atoms with van der Waals surface area (Å²) in [5, 5.41) is 0. The van der Waals surface area contributed by atoms with Crippen molar-refractivity contribution in [3.05, 3.63) is 0 Å². The smallest absolute Gasteiger partial charge is 0.322 e. The molecule has 17 heavy (non-hydrogen) atoms. The zero-order valence-electron chi connectivity index (χ0n) is 9.92. The third-order valence-electron chi connectivity index (χ3n) is 1.42. The van der Waals surface area contributed by atoms with E-state index in [1.165, 1.54) is 23.9 Å². The van der Waals surface area contributed by atoms with Crippen LogP contribution < -0.4 is 5.73 Å². The van der Waals surface area contributed by atoms with E-state index in [1.54, 1.807) is 0 Å². The summed E-state index contributed by atoms with van der Waals surface area (Å²) < 4.78 is 11.9. The lowest BCUT2D eigenvalue weighted by Crippen LogP contribution is -2.22. The second-order valence-corrected chi connectivity index (χ2v) is 4.32. The van der Waals surface area contributed by atoms with Crippen LogP contribution in [0, 0.1) is 0 Å². The molecule has 0 spiro atoms. The van der Waals surface area contributed by atoms with E-state index in [2.05, 4.69) is 0 Å². The number of hydrogen-bond donors (Lipinski definition) is 1. The first-order valence-electron chi connectivity index (χ1n) is 4.53. The number of esters is 1. The van der Waals surface area contributed by atoms with Gasteiger partial charge in [-0.3, -0.25) is 4.79 Å². The Morgan fingerprint density at radius 2 is 1.76 bits per heavy atom. The first-order valence-corrected chi connectivity index (χ1v) is 6.90. The normalized spacial score (nSPS) is 9.41. The molecule has 0 aliphatic heterocycles. The molecule has 0 saturated carbocycles. The van der Waals surface area contributed by atoms with Crippen LogP contribution in [0.15, 0.2) is 0 Å². The summed E-state index contributed by atoms with van der Waals surface area (Å²) >= 11 is 2.99. The maximum atomic E-state index is 11.2. The van der Waals surface area contributed by atoms with Gasteiger partial charge in [-0.15, -0.1) is 24.8 Å². The number of nitrogens with zero attached hydrogens (tertiary/aromatic N) is 1. The lowest BCUT2D eigenvalue weighted by Gasteiger charge is -2.14. The van der Waals surface area contributed by atoms with E-state index in [4.69, 9.17) is 15.2 Å². The van der Waals surface area contributed by atoms with Gasteiger partial charge in [0.05, 0.1) is 13.2 Å². The highest BCUT2D eigenvalue weighted by atomic mass is 35.5. The van der Waals surface area contributed by atoms with E-state index in [1.807, 2.05) is 16.2 Å². The lowest BCUT2D eigenvalue weighted by atomic mass is 10.6. The monoisotopic (exact) mass is 326 g/mol. The Hall–Kier alpha value is 0.630. The molecule has 9 heteroatoms. The summed E-state index contributed by atoms with van der Waals surface area (Å²) in [5.41, 5.74) is 5.23. The molecule has 0 aromatic carbocycles. The molecule has 0 aliphatic carbocycles. The zero-order chi connectivity index (χ0) is 11.5. The van der Waals surface area contributed by atoms with Gasteiger partial charge in [-0.2, -0.15) is 3.71 Å². The molecule has 0 aromatic heterocycles. The molecule has 2 N–H and O–H groups in total. The molecule has 5 nitrogen and oxygen atoms in total. The van der Waals surface area contributed by atoms with Crippen molar-refractivity contribution in [1.82, 2.24) is 3.71 Å². The largest absolute Gasteiger partial charge is 0.462 e. The third kappa shape index (κ3) is 14.6. The minimum Gasteiger partial charge on any atom is -0.462 e. The summed E-state index contributed by atoms with van der Waals surface area (Å²) in [6, 6.07) is 0. The Labute approximate surface area is 124 Å². The van der Waals surface area contributed by atoms with Crippen molar-refractivity contribution in [1.29, 1.82) is 0 Å². The topological polar surface area (TPSA) is 64.8 Å². The van der Waals surface area contributed by atoms with Crippen molar-refractivity contribution in [3.8, 4) is 0 Å². The van der Waals surface area contributed by atoms with Crippen LogP contribution in [0.2, 0.25) is 0 Å². The van der Waals surface area contributed by atoms with Crippen molar-refractivity contribution in [2.24, 2.45) is 5.73 Å². The highest BCUT2D eigenvalue weighted by molar-refractivity contribution is 8.11. The van der Waals surface area contributed by atoms with Crippen LogP contribution in [0.4, 0.5) is 0 Å². The van der Waals surface area contributed by atoms with Crippen molar-refractivity contribution < 1.29 is 14.3 Å². The maximum absolute atomic E-state index is 11.2. The molecule has 106 valence electrons. The van der Waals surface area contributed by atoms with E-state index in [0.29, 0.717) is 19.8 Å². The first-order chi connectivity index (χ1) is 7.24. The van der Waals surface area contributed by atoms with Gasteiger partial charge in [-0.1, -0.05) is 23.9 Å². The van der Waals surface area contributed by atoms with Gasteiger partial charge in [0.1, 0.15) is 13.2 Å². The van der Waals surface area contributed by atoms with Crippen molar-refractivity contribution >= 4 is 54.7 Å². The first kappa shape index (κ1) is 22.8. The highest BCUT2D eigenvalue weighted by Gasteiger charge is 2.09. The standard InChI is InChI=1S/C8H18N2O3S2.2ClH/c1-14-10(15-2)7-8(11)13-6-5-12-4-3-9;;/h3-7,9H2,1-2H3;2*1H. The second kappa shape index (κ2) is 16.6. The van der Waals surface area contributed by atoms with Crippen LogP contribution in [0.25, 0.3) is 0 Å². The van der Waals surface area contributed by atoms with E-state index < -0.39 is 0 Å². The van der Waals surface area contributed by atoms with E-state index in [0.717, 1.165) is 0 Å². The number of carbonyl (C=O) groups is 1. The predicted molar refractivity (Wildman–Crippen MR) is 79.1 cm³/mol. The van der Waals surface area contributed by atoms with Gasteiger partial charge in [-0.25, -0.2) is 0 Å². The van der Waals surface area contributed by atoms with E-state index >= 15 is 0 Å². The van der Waals surface area contributed by atoms with Gasteiger partial charge < -0.3 is 15.2 Å². The number of halogens is 2. The van der Waals surface area contributed by atoms with Crippen LogP contribution >= 0.6 is 48.7 Å². The number of ether oxygens (including phenoxy) is 2. The molecule has 0 rings (SSSR count). The molecule has 0 unspecified atom stereocenters. The quantitative estimate of drug-likeness (QED) is 0.388. The van der Waals surface area contributed by atoms with Crippen LogP contribution in [-0.2, 0) is 14.3 Å². The van der Waals surface area contributed by atoms with E-state index in [-0.39, 0.29) is 43.9 Å². The van der Waals surface area contributed by atoms with Gasteiger partial charge in [0.25, 0.3) is 0 Å². The van der Waals surface area contributed by atoms with Crippen molar-refractivity contribution in [2.45, 2.75) is 0 Å². The second-order valence-electron chi connectivity index (χ2n) is 2.48. The molecule has 0 atom stereocenters. The Bertz CT molecular complexity index is 177. The highest BCUT2D eigenvalue weighted by Crippen LogP contribution is 2.15. The molecule has 0 fully saturated rings. The summed E-state index contributed by atoms with van der Waals surface area (Å²) in [6.07, 6.45) is 3.82. The molecule has 0 amide bonds. The van der Waals surface area contributed by atoms with E-state index in [9.17, 15) is 4.79 Å². The van der Waals surface area contributed by atoms with Gasteiger partial charge in [-0.05, 0) is 12.5 Å². The van der Waals surface area contributed by atoms with Gasteiger partial charge in [0, 0.05) is 6.54 Å². The van der Waals surface area contributed by atoms with Crippen LogP contribution in [0.1, 0.15) is 0 Å². The lowest BCUT2D eigenvalue weighted by molar-refractivity contribution is -0.144. The minimum absolute atomic E-state index is 0. The van der Waals surface area contributed by atoms with Gasteiger partial charge in [0.2, 0.25) is 0 Å². The molecule has 0 saturated heterocycles. The summed E-state index contributed by atoms with van der Waals surface area (Å²) in [6.45, 7) is 1.95. The average molecular weight is 327 g/mol. The summed E-state index contributed by atoms with van der Waals surface area (Å²) in [5.74, 6) is -0.241. The SMILES string of the molecule is CSN(CC(=O)OCCOCCN)SC.Cl.Cl. The maximum Gasteiger partial charge on any atom is 0.322 e. The fraction of sp³-hybridized carbons (Fsp3) is 0.875. The number of carbonyl (C=O) groups excluding carboxylic acids is 1. The molecule has 0 bridgehead atoms. The Kier molecular flexibility index (Phi) is 22.3. The van der Waals surface area contributed by atoms with Gasteiger partial charge in [0.15, 0.2) is 0 Å². The molecule has 0 aliphatic rings. The summed E-state index contributed by atoms with van der Waals surface area (Å²) in [4.78, 5) is 11.2. The molecule has 0 radical (unpaired) electrons. The number of rotatable bonds is 9. The van der Waals surface area contributed by atoms with Crippen molar-refractivity contribution in [2.75, 3.05) is 45.4 Å². The Balaban J connectivity index is -0.000000980. The number of nitrogens with two attached hydrogens (primary N) is 1. The average Bonchev–Trinajstić information content (AvgIpc) is 2.25. The zero-order valence-corrected chi connectivity index (χ0v) is 13.2. The fourth-order valence-corrected chi connectivity index (χ4v) is 1.82. The number of hydrogen-bond acceptors (Lipinski definition) is 7. The van der Waals surface area contributed by atoms with Crippen LogP contribution in [-0.4, -0.2) is 55.1 Å². The van der Waals surface area contributed by atoms with Crippen LogP contribution in [0.5, 0.6) is 0 Å². The minimum atomic E-state index is -0.241. The summed E-state index contributed by atoms with van der Waals surface area (Å²) in [7, 11) is 0.